The van der Waals surface area contributed by atoms with Crippen molar-refractivity contribution >= 4 is 23.0 Å². The van der Waals surface area contributed by atoms with Crippen molar-refractivity contribution in [2.45, 2.75) is 39.8 Å². The highest BCUT2D eigenvalue weighted by Crippen LogP contribution is 2.43. The standard InChI is InChI=1S/C27H27N5S/c1-17-8-11-21(12-9-17)32-26(25(30-27(32)33)23-7-5-6-14-28-23)22-15-19(3)31(20(22)4)24-13-10-18(2)16-29-24/h5-16,25-26H,1-4H3,(H,30,33)/t25-,26+/m0/s1. The van der Waals surface area contributed by atoms with E-state index in [2.05, 4.69) is 101 Å². The molecule has 3 aromatic heterocycles. The molecule has 33 heavy (non-hydrogen) atoms. The number of nitrogens with zero attached hydrogens (tertiary/aromatic N) is 4. The molecule has 1 aromatic carbocycles. The molecule has 166 valence electrons. The largest absolute Gasteiger partial charge is 0.351 e. The van der Waals surface area contributed by atoms with Gasteiger partial charge in [0.15, 0.2) is 5.11 Å². The molecular weight excluding hydrogens is 426 g/mol. The van der Waals surface area contributed by atoms with Crippen molar-refractivity contribution in [3.05, 3.63) is 107 Å². The maximum atomic E-state index is 5.87. The number of thiocarbonyl (C=S) groups is 1. The molecule has 0 radical (unpaired) electrons. The summed E-state index contributed by atoms with van der Waals surface area (Å²) < 4.78 is 2.22. The summed E-state index contributed by atoms with van der Waals surface area (Å²) in [4.78, 5) is 11.6. The van der Waals surface area contributed by atoms with E-state index in [-0.39, 0.29) is 12.1 Å². The maximum absolute atomic E-state index is 5.87. The average Bonchev–Trinajstić information content (AvgIpc) is 3.31. The van der Waals surface area contributed by atoms with Gasteiger partial charge in [0.2, 0.25) is 0 Å². The Kier molecular flexibility index (Phi) is 5.46. The summed E-state index contributed by atoms with van der Waals surface area (Å²) in [5, 5.41) is 4.26. The Bertz CT molecular complexity index is 1290. The highest BCUT2D eigenvalue weighted by Gasteiger charge is 2.42. The maximum Gasteiger partial charge on any atom is 0.174 e. The first-order chi connectivity index (χ1) is 15.9. The Morgan fingerprint density at radius 3 is 2.30 bits per heavy atom. The number of benzene rings is 1. The Morgan fingerprint density at radius 1 is 0.879 bits per heavy atom. The number of hydrogen-bond donors (Lipinski definition) is 1. The number of aromatic nitrogens is 3. The van der Waals surface area contributed by atoms with Gasteiger partial charge >= 0.3 is 0 Å². The van der Waals surface area contributed by atoms with Crippen LogP contribution in [0, 0.1) is 27.7 Å². The van der Waals surface area contributed by atoms with Crippen LogP contribution in [0.15, 0.2) is 73.1 Å². The molecule has 5 rings (SSSR count). The molecule has 0 bridgehead atoms. The first-order valence-electron chi connectivity index (χ1n) is 11.1. The molecule has 1 fully saturated rings. The molecule has 5 nitrogen and oxygen atoms in total. The molecule has 1 saturated heterocycles. The molecule has 0 saturated carbocycles. The molecule has 6 heteroatoms. The molecule has 1 aliphatic heterocycles. The van der Waals surface area contributed by atoms with E-state index in [0.29, 0.717) is 5.11 Å². The third-order valence-corrected chi connectivity index (χ3v) is 6.64. The molecule has 0 spiro atoms. The topological polar surface area (TPSA) is 46.0 Å². The quantitative estimate of drug-likeness (QED) is 0.403. The average molecular weight is 454 g/mol. The van der Waals surface area contributed by atoms with E-state index in [1.165, 1.54) is 11.1 Å². The second-order valence-electron chi connectivity index (χ2n) is 8.69. The van der Waals surface area contributed by atoms with Gasteiger partial charge in [0.25, 0.3) is 0 Å². The fraction of sp³-hybridized carbons (Fsp3) is 0.222. The Morgan fingerprint density at radius 2 is 1.64 bits per heavy atom. The molecule has 0 unspecified atom stereocenters. The van der Waals surface area contributed by atoms with Crippen LogP contribution < -0.4 is 10.2 Å². The van der Waals surface area contributed by atoms with Gasteiger partial charge in [-0.2, -0.15) is 0 Å². The van der Waals surface area contributed by atoms with Crippen molar-refractivity contribution in [2.24, 2.45) is 0 Å². The van der Waals surface area contributed by atoms with E-state index in [0.717, 1.165) is 34.2 Å². The number of nitrogens with one attached hydrogen (secondary N) is 1. The number of pyridine rings is 2. The monoisotopic (exact) mass is 453 g/mol. The van der Waals surface area contributed by atoms with Gasteiger partial charge in [0.05, 0.1) is 17.8 Å². The van der Waals surface area contributed by atoms with E-state index in [4.69, 9.17) is 12.2 Å². The van der Waals surface area contributed by atoms with Crippen LogP contribution in [0.2, 0.25) is 0 Å². The third-order valence-electron chi connectivity index (χ3n) is 6.32. The highest BCUT2D eigenvalue weighted by atomic mass is 32.1. The summed E-state index contributed by atoms with van der Waals surface area (Å²) in [6, 6.07) is 20.9. The van der Waals surface area contributed by atoms with E-state index >= 15 is 0 Å². The molecule has 1 aliphatic rings. The molecule has 0 amide bonds. The van der Waals surface area contributed by atoms with Crippen molar-refractivity contribution in [3.63, 3.8) is 0 Å². The second-order valence-corrected chi connectivity index (χ2v) is 9.07. The van der Waals surface area contributed by atoms with Gasteiger partial charge in [-0.25, -0.2) is 4.98 Å². The number of rotatable bonds is 4. The SMILES string of the molecule is Cc1ccc(N2C(=S)N[C@@H](c3ccccn3)[C@H]2c2cc(C)n(-c3ccc(C)cn3)c2C)cc1. The Balaban J connectivity index is 1.67. The summed E-state index contributed by atoms with van der Waals surface area (Å²) in [7, 11) is 0. The minimum absolute atomic E-state index is 0.0412. The molecular formula is C27H27N5S. The molecule has 2 atom stereocenters. The van der Waals surface area contributed by atoms with Gasteiger partial charge < -0.3 is 14.8 Å². The number of anilines is 1. The van der Waals surface area contributed by atoms with Gasteiger partial charge in [-0.1, -0.05) is 29.8 Å². The van der Waals surface area contributed by atoms with E-state index in [1.54, 1.807) is 0 Å². The van der Waals surface area contributed by atoms with Crippen LogP contribution in [0.5, 0.6) is 0 Å². The Labute approximate surface area is 200 Å². The molecule has 4 heterocycles. The third kappa shape index (κ3) is 3.80. The van der Waals surface area contributed by atoms with Crippen LogP contribution in [0.3, 0.4) is 0 Å². The zero-order valence-corrected chi connectivity index (χ0v) is 20.1. The zero-order valence-electron chi connectivity index (χ0n) is 19.3. The van der Waals surface area contributed by atoms with Gasteiger partial charge in [0, 0.05) is 29.5 Å². The van der Waals surface area contributed by atoms with Crippen LogP contribution in [0.25, 0.3) is 5.82 Å². The summed E-state index contributed by atoms with van der Waals surface area (Å²) in [5.41, 5.74) is 7.90. The molecule has 4 aromatic rings. The van der Waals surface area contributed by atoms with Crippen LogP contribution in [-0.4, -0.2) is 19.6 Å². The lowest BCUT2D eigenvalue weighted by Crippen LogP contribution is -2.29. The summed E-state index contributed by atoms with van der Waals surface area (Å²) in [6.45, 7) is 8.44. The van der Waals surface area contributed by atoms with Crippen LogP contribution in [0.4, 0.5) is 5.69 Å². The summed E-state index contributed by atoms with van der Waals surface area (Å²) >= 11 is 5.87. The van der Waals surface area contributed by atoms with Crippen molar-refractivity contribution in [1.29, 1.82) is 0 Å². The predicted octanol–water partition coefficient (Wildman–Crippen LogP) is 5.68. The van der Waals surface area contributed by atoms with Crippen molar-refractivity contribution < 1.29 is 0 Å². The molecule has 0 aliphatic carbocycles. The minimum Gasteiger partial charge on any atom is -0.351 e. The summed E-state index contributed by atoms with van der Waals surface area (Å²) in [5.74, 6) is 0.923. The normalized spacial score (nSPS) is 17.9. The van der Waals surface area contributed by atoms with E-state index in [1.807, 2.05) is 24.5 Å². The zero-order chi connectivity index (χ0) is 23.1. The minimum atomic E-state index is -0.0695. The van der Waals surface area contributed by atoms with Crippen molar-refractivity contribution in [2.75, 3.05) is 4.90 Å². The van der Waals surface area contributed by atoms with Gasteiger partial charge in [-0.15, -0.1) is 0 Å². The number of hydrogen-bond acceptors (Lipinski definition) is 3. The Hall–Kier alpha value is -3.51. The predicted molar refractivity (Wildman–Crippen MR) is 137 cm³/mol. The van der Waals surface area contributed by atoms with Gasteiger partial charge in [0.1, 0.15) is 5.82 Å². The second kappa shape index (κ2) is 8.45. The highest BCUT2D eigenvalue weighted by molar-refractivity contribution is 7.80. The van der Waals surface area contributed by atoms with Crippen molar-refractivity contribution in [1.82, 2.24) is 19.9 Å². The summed E-state index contributed by atoms with van der Waals surface area (Å²) in [6.07, 6.45) is 3.75. The van der Waals surface area contributed by atoms with Gasteiger partial charge in [-0.05, 0) is 87.4 Å². The first kappa shape index (κ1) is 21.3. The van der Waals surface area contributed by atoms with Crippen LogP contribution >= 0.6 is 12.2 Å². The lowest BCUT2D eigenvalue weighted by molar-refractivity contribution is 0.565. The lowest BCUT2D eigenvalue weighted by Gasteiger charge is -2.28. The van der Waals surface area contributed by atoms with Gasteiger partial charge in [-0.3, -0.25) is 4.98 Å². The van der Waals surface area contributed by atoms with Crippen molar-refractivity contribution in [3.8, 4) is 5.82 Å². The number of aryl methyl sites for hydroxylation is 3. The first-order valence-corrected chi connectivity index (χ1v) is 11.5. The lowest BCUT2D eigenvalue weighted by atomic mass is 9.96. The van der Waals surface area contributed by atoms with E-state index < -0.39 is 0 Å². The fourth-order valence-corrected chi connectivity index (χ4v) is 5.03. The van der Waals surface area contributed by atoms with Crippen LogP contribution in [-0.2, 0) is 0 Å². The smallest absolute Gasteiger partial charge is 0.174 e. The van der Waals surface area contributed by atoms with Crippen LogP contribution in [0.1, 0.15) is 45.9 Å². The fourth-order valence-electron chi connectivity index (χ4n) is 4.69. The molecule has 1 N–H and O–H groups in total. The van der Waals surface area contributed by atoms with E-state index in [9.17, 15) is 0 Å².